The van der Waals surface area contributed by atoms with E-state index in [2.05, 4.69) is 0 Å². The highest BCUT2D eigenvalue weighted by Crippen LogP contribution is 2.17. The van der Waals surface area contributed by atoms with Crippen molar-refractivity contribution in [3.8, 4) is 0 Å². The molecular weight excluding hydrogens is 257 g/mol. The minimum absolute atomic E-state index is 0.122. The zero-order chi connectivity index (χ0) is 14.0. The summed E-state index contributed by atoms with van der Waals surface area (Å²) < 4.78 is 37.6. The molecule has 19 heavy (non-hydrogen) atoms. The summed E-state index contributed by atoms with van der Waals surface area (Å²) in [5.74, 6) is -0.656. The van der Waals surface area contributed by atoms with Crippen molar-refractivity contribution >= 4 is 16.8 Å². The summed E-state index contributed by atoms with van der Waals surface area (Å²) in [6, 6.07) is 7.57. The molecular formula is C13H13F3N2O. The molecule has 1 aromatic heterocycles. The van der Waals surface area contributed by atoms with Crippen LogP contribution in [0, 0.1) is 6.92 Å². The summed E-state index contributed by atoms with van der Waals surface area (Å²) in [6.45, 7) is 0.494. The minimum Gasteiger partial charge on any atom is -0.345 e. The maximum atomic E-state index is 12.0. The van der Waals surface area contributed by atoms with Crippen LogP contribution in [0.1, 0.15) is 5.56 Å². The normalized spacial score (nSPS) is 11.8. The lowest BCUT2D eigenvalue weighted by atomic mass is 10.2. The van der Waals surface area contributed by atoms with Gasteiger partial charge < -0.3 is 9.88 Å². The van der Waals surface area contributed by atoms with Crippen molar-refractivity contribution in [2.45, 2.75) is 19.6 Å². The molecule has 0 fully saturated rings. The van der Waals surface area contributed by atoms with E-state index in [9.17, 15) is 18.0 Å². The SMILES string of the molecule is Cc1ccc2ccn(CC(=O)NCC(F)(F)F)c2c1. The second kappa shape index (κ2) is 4.95. The van der Waals surface area contributed by atoms with E-state index in [1.165, 1.54) is 0 Å². The van der Waals surface area contributed by atoms with Crippen molar-refractivity contribution in [2.75, 3.05) is 6.54 Å². The third kappa shape index (κ3) is 3.49. The lowest BCUT2D eigenvalue weighted by Gasteiger charge is -2.09. The summed E-state index contributed by atoms with van der Waals surface area (Å²) in [7, 11) is 0. The number of amides is 1. The topological polar surface area (TPSA) is 34.0 Å². The number of benzene rings is 1. The number of nitrogens with one attached hydrogen (secondary N) is 1. The van der Waals surface area contributed by atoms with Gasteiger partial charge in [0.15, 0.2) is 0 Å². The molecule has 0 unspecified atom stereocenters. The first-order valence-electron chi connectivity index (χ1n) is 5.74. The van der Waals surface area contributed by atoms with Crippen LogP contribution in [-0.2, 0) is 11.3 Å². The Morgan fingerprint density at radius 1 is 1.32 bits per heavy atom. The Balaban J connectivity index is 2.09. The molecule has 0 aliphatic heterocycles. The molecule has 0 atom stereocenters. The molecule has 0 radical (unpaired) electrons. The minimum atomic E-state index is -4.38. The Morgan fingerprint density at radius 2 is 2.05 bits per heavy atom. The summed E-state index contributed by atoms with van der Waals surface area (Å²) in [4.78, 5) is 11.5. The highest BCUT2D eigenvalue weighted by Gasteiger charge is 2.27. The van der Waals surface area contributed by atoms with E-state index < -0.39 is 18.6 Å². The van der Waals surface area contributed by atoms with Crippen molar-refractivity contribution < 1.29 is 18.0 Å². The molecule has 1 N–H and O–H groups in total. The van der Waals surface area contributed by atoms with Gasteiger partial charge in [0.25, 0.3) is 0 Å². The van der Waals surface area contributed by atoms with Crippen LogP contribution in [0.15, 0.2) is 30.5 Å². The Morgan fingerprint density at radius 3 is 2.74 bits per heavy atom. The summed E-state index contributed by atoms with van der Waals surface area (Å²) in [5.41, 5.74) is 1.87. The Kier molecular flexibility index (Phi) is 3.50. The van der Waals surface area contributed by atoms with Crippen LogP contribution in [0.25, 0.3) is 10.9 Å². The molecule has 0 bridgehead atoms. The van der Waals surface area contributed by atoms with E-state index >= 15 is 0 Å². The van der Waals surface area contributed by atoms with Crippen molar-refractivity contribution in [3.63, 3.8) is 0 Å². The number of carbonyl (C=O) groups excluding carboxylic acids is 1. The van der Waals surface area contributed by atoms with Crippen molar-refractivity contribution in [2.24, 2.45) is 0 Å². The van der Waals surface area contributed by atoms with Gasteiger partial charge in [-0.3, -0.25) is 4.79 Å². The van der Waals surface area contributed by atoms with E-state index in [1.54, 1.807) is 10.8 Å². The summed E-state index contributed by atoms with van der Waals surface area (Å²) in [6.07, 6.45) is -2.69. The quantitative estimate of drug-likeness (QED) is 0.914. The van der Waals surface area contributed by atoms with Crippen LogP contribution in [0.4, 0.5) is 13.2 Å². The highest BCUT2D eigenvalue weighted by atomic mass is 19.4. The molecule has 0 aliphatic carbocycles. The second-order valence-corrected chi connectivity index (χ2v) is 4.40. The molecule has 3 nitrogen and oxygen atoms in total. The molecule has 6 heteroatoms. The predicted molar refractivity (Wildman–Crippen MR) is 65.7 cm³/mol. The number of rotatable bonds is 3. The van der Waals surface area contributed by atoms with E-state index in [1.807, 2.05) is 36.5 Å². The number of nitrogens with zero attached hydrogens (tertiary/aromatic N) is 1. The van der Waals surface area contributed by atoms with Crippen LogP contribution >= 0.6 is 0 Å². The van der Waals surface area contributed by atoms with Gasteiger partial charge in [0.1, 0.15) is 13.1 Å². The number of hydrogen-bond acceptors (Lipinski definition) is 1. The highest BCUT2D eigenvalue weighted by molar-refractivity contribution is 5.83. The molecule has 2 rings (SSSR count). The number of halogens is 3. The van der Waals surface area contributed by atoms with E-state index in [0.29, 0.717) is 0 Å². The molecule has 1 aromatic carbocycles. The molecule has 0 saturated heterocycles. The smallest absolute Gasteiger partial charge is 0.345 e. The average molecular weight is 270 g/mol. The van der Waals surface area contributed by atoms with Gasteiger partial charge in [-0.25, -0.2) is 0 Å². The summed E-state index contributed by atoms with van der Waals surface area (Å²) in [5, 5.41) is 2.81. The van der Waals surface area contributed by atoms with Gasteiger partial charge in [-0.15, -0.1) is 0 Å². The first-order chi connectivity index (χ1) is 8.85. The predicted octanol–water partition coefficient (Wildman–Crippen LogP) is 2.63. The van der Waals surface area contributed by atoms with E-state index in [-0.39, 0.29) is 6.54 Å². The lowest BCUT2D eigenvalue weighted by Crippen LogP contribution is -2.35. The number of hydrogen-bond donors (Lipinski definition) is 1. The van der Waals surface area contributed by atoms with Gasteiger partial charge >= 0.3 is 6.18 Å². The molecule has 1 heterocycles. The number of carbonyl (C=O) groups is 1. The van der Waals surface area contributed by atoms with Gasteiger partial charge in [-0.1, -0.05) is 12.1 Å². The maximum absolute atomic E-state index is 12.0. The first-order valence-corrected chi connectivity index (χ1v) is 5.74. The van der Waals surface area contributed by atoms with Crippen molar-refractivity contribution in [1.82, 2.24) is 9.88 Å². The van der Waals surface area contributed by atoms with Gasteiger partial charge in [-0.2, -0.15) is 13.2 Å². The summed E-state index contributed by atoms with van der Waals surface area (Å²) >= 11 is 0. The fourth-order valence-electron chi connectivity index (χ4n) is 1.84. The van der Waals surface area contributed by atoms with Crippen LogP contribution in [0.3, 0.4) is 0 Å². The third-order valence-electron chi connectivity index (χ3n) is 2.73. The monoisotopic (exact) mass is 270 g/mol. The maximum Gasteiger partial charge on any atom is 0.405 e. The van der Waals surface area contributed by atoms with Crippen LogP contribution < -0.4 is 5.32 Å². The van der Waals surface area contributed by atoms with Crippen LogP contribution in [0.2, 0.25) is 0 Å². The molecule has 1 amide bonds. The Bertz CT molecular complexity index is 601. The largest absolute Gasteiger partial charge is 0.405 e. The average Bonchev–Trinajstić information content (AvgIpc) is 2.68. The zero-order valence-corrected chi connectivity index (χ0v) is 10.3. The number of aryl methyl sites for hydroxylation is 1. The molecule has 102 valence electrons. The molecule has 0 aliphatic rings. The Labute approximate surface area is 108 Å². The van der Waals surface area contributed by atoms with Gasteiger partial charge in [0, 0.05) is 11.7 Å². The van der Waals surface area contributed by atoms with E-state index in [0.717, 1.165) is 16.5 Å². The van der Waals surface area contributed by atoms with Crippen molar-refractivity contribution in [1.29, 1.82) is 0 Å². The molecule has 2 aromatic rings. The fraction of sp³-hybridized carbons (Fsp3) is 0.308. The molecule has 0 spiro atoms. The van der Waals surface area contributed by atoms with E-state index in [4.69, 9.17) is 0 Å². The standard InChI is InChI=1S/C13H13F3N2O/c1-9-2-3-10-4-5-18(11(10)6-9)7-12(19)17-8-13(14,15)16/h2-6H,7-8H2,1H3,(H,17,19). The third-order valence-corrected chi connectivity index (χ3v) is 2.73. The van der Waals surface area contributed by atoms with Gasteiger partial charge in [-0.05, 0) is 30.0 Å². The van der Waals surface area contributed by atoms with Crippen LogP contribution in [0.5, 0.6) is 0 Å². The fourth-order valence-corrected chi connectivity index (χ4v) is 1.84. The number of alkyl halides is 3. The van der Waals surface area contributed by atoms with Crippen LogP contribution in [-0.4, -0.2) is 23.2 Å². The second-order valence-electron chi connectivity index (χ2n) is 4.40. The van der Waals surface area contributed by atoms with Gasteiger partial charge in [0.05, 0.1) is 0 Å². The zero-order valence-electron chi connectivity index (χ0n) is 10.3. The molecule has 0 saturated carbocycles. The lowest BCUT2D eigenvalue weighted by molar-refractivity contribution is -0.138. The number of fused-ring (bicyclic) bond motifs is 1. The number of aromatic nitrogens is 1. The Hall–Kier alpha value is -1.98. The van der Waals surface area contributed by atoms with Crippen molar-refractivity contribution in [3.05, 3.63) is 36.0 Å². The van der Waals surface area contributed by atoms with Gasteiger partial charge in [0.2, 0.25) is 5.91 Å². The first kappa shape index (κ1) is 13.5.